The van der Waals surface area contributed by atoms with Gasteiger partial charge >= 0.3 is 5.97 Å². The van der Waals surface area contributed by atoms with Gasteiger partial charge in [-0.05, 0) is 72.0 Å². The second kappa shape index (κ2) is 11.1. The number of para-hydroxylation sites is 1. The van der Waals surface area contributed by atoms with Crippen molar-refractivity contribution in [2.24, 2.45) is 0 Å². The summed E-state index contributed by atoms with van der Waals surface area (Å²) in [6.45, 7) is -0.463. The molecule has 0 saturated carbocycles. The molecular formula is C31H25N3O5. The summed E-state index contributed by atoms with van der Waals surface area (Å²) >= 11 is 0. The number of nitrogens with zero attached hydrogens (tertiary/aromatic N) is 2. The van der Waals surface area contributed by atoms with Crippen LogP contribution in [-0.2, 0) is 16.0 Å². The maximum atomic E-state index is 13.4. The van der Waals surface area contributed by atoms with Crippen molar-refractivity contribution < 1.29 is 23.8 Å². The van der Waals surface area contributed by atoms with Crippen LogP contribution in [0.3, 0.4) is 0 Å². The Balaban J connectivity index is 1.43. The third kappa shape index (κ3) is 5.29. The number of rotatable bonds is 7. The first kappa shape index (κ1) is 25.5. The van der Waals surface area contributed by atoms with Gasteiger partial charge in [-0.3, -0.25) is 4.79 Å². The van der Waals surface area contributed by atoms with E-state index in [1.54, 1.807) is 38.5 Å². The summed E-state index contributed by atoms with van der Waals surface area (Å²) in [7, 11) is 3.18. The Morgan fingerprint density at radius 3 is 2.62 bits per heavy atom. The van der Waals surface area contributed by atoms with Crippen LogP contribution in [0.5, 0.6) is 11.5 Å². The highest BCUT2D eigenvalue weighted by Gasteiger charge is 2.28. The van der Waals surface area contributed by atoms with Crippen LogP contribution in [0.4, 0.5) is 5.69 Å². The molecule has 0 atom stereocenters. The van der Waals surface area contributed by atoms with Crippen LogP contribution in [0.2, 0.25) is 0 Å². The molecule has 39 heavy (non-hydrogen) atoms. The Labute approximate surface area is 225 Å². The number of benzene rings is 3. The van der Waals surface area contributed by atoms with Crippen molar-refractivity contribution >= 4 is 40.1 Å². The number of methoxy groups -OCH3 is 2. The highest BCUT2D eigenvalue weighted by molar-refractivity contribution is 6.08. The molecule has 1 N–H and O–H groups in total. The molecule has 0 unspecified atom stereocenters. The van der Waals surface area contributed by atoms with Gasteiger partial charge in [0.25, 0.3) is 5.91 Å². The summed E-state index contributed by atoms with van der Waals surface area (Å²) in [6.07, 6.45) is 3.35. The maximum Gasteiger partial charge on any atom is 0.339 e. The van der Waals surface area contributed by atoms with E-state index in [0.29, 0.717) is 52.1 Å². The van der Waals surface area contributed by atoms with Crippen LogP contribution >= 0.6 is 0 Å². The standard InChI is InChI=1S/C31H25N3O5/c1-37-26-13-10-19(16-27(26)38-2)14-21-11-12-24-29(23-8-3-4-9-25(23)34-30(21)24)31(36)39-18-28(35)33-22-7-5-6-20(15-22)17-32/h3-10,13-16H,11-12,18H2,1-2H3,(H,33,35)/b21-14-. The molecule has 4 aromatic rings. The zero-order valence-electron chi connectivity index (χ0n) is 21.5. The molecule has 0 aliphatic heterocycles. The summed E-state index contributed by atoms with van der Waals surface area (Å²) in [6, 6.07) is 21.6. The van der Waals surface area contributed by atoms with Crippen LogP contribution in [0.15, 0.2) is 66.7 Å². The van der Waals surface area contributed by atoms with Gasteiger partial charge in [0.2, 0.25) is 0 Å². The molecule has 0 radical (unpaired) electrons. The number of anilines is 1. The van der Waals surface area contributed by atoms with Crippen molar-refractivity contribution in [3.05, 3.63) is 94.7 Å². The average molecular weight is 520 g/mol. The number of hydrogen-bond donors (Lipinski definition) is 1. The first-order chi connectivity index (χ1) is 19.0. The molecule has 1 amide bonds. The van der Waals surface area contributed by atoms with Crippen LogP contribution in [0, 0.1) is 11.3 Å². The minimum atomic E-state index is -0.585. The molecular weight excluding hydrogens is 494 g/mol. The largest absolute Gasteiger partial charge is 0.493 e. The van der Waals surface area contributed by atoms with Gasteiger partial charge in [-0.15, -0.1) is 0 Å². The van der Waals surface area contributed by atoms with Gasteiger partial charge in [0.15, 0.2) is 18.1 Å². The van der Waals surface area contributed by atoms with Gasteiger partial charge in [0.05, 0.1) is 42.6 Å². The number of allylic oxidation sites excluding steroid dienone is 1. The van der Waals surface area contributed by atoms with E-state index in [9.17, 15) is 9.59 Å². The lowest BCUT2D eigenvalue weighted by atomic mass is 10.0. The first-order valence-electron chi connectivity index (χ1n) is 12.3. The SMILES string of the molecule is COc1ccc(/C=C2/CCc3c2nc2ccccc2c3C(=O)OCC(=O)Nc2cccc(C#N)c2)cc1OC. The smallest absolute Gasteiger partial charge is 0.339 e. The Morgan fingerprint density at radius 1 is 1.00 bits per heavy atom. The molecule has 1 heterocycles. The van der Waals surface area contributed by atoms with Gasteiger partial charge < -0.3 is 19.5 Å². The highest BCUT2D eigenvalue weighted by atomic mass is 16.5. The normalized spacial score (nSPS) is 13.0. The Bertz CT molecular complexity index is 1670. The molecule has 8 nitrogen and oxygen atoms in total. The summed E-state index contributed by atoms with van der Waals surface area (Å²) in [5, 5.41) is 12.4. The second-order valence-electron chi connectivity index (χ2n) is 8.93. The molecule has 3 aromatic carbocycles. The van der Waals surface area contributed by atoms with Crippen LogP contribution in [-0.4, -0.2) is 37.7 Å². The van der Waals surface area contributed by atoms with Gasteiger partial charge in [-0.2, -0.15) is 5.26 Å². The van der Waals surface area contributed by atoms with Crippen molar-refractivity contribution in [2.75, 3.05) is 26.1 Å². The lowest BCUT2D eigenvalue weighted by Crippen LogP contribution is -2.21. The number of hydrogen-bond acceptors (Lipinski definition) is 7. The lowest BCUT2D eigenvalue weighted by molar-refractivity contribution is -0.119. The molecule has 5 rings (SSSR count). The number of fused-ring (bicyclic) bond motifs is 2. The van der Waals surface area contributed by atoms with Crippen LogP contribution in [0.25, 0.3) is 22.6 Å². The summed E-state index contributed by atoms with van der Waals surface area (Å²) < 4.78 is 16.2. The highest BCUT2D eigenvalue weighted by Crippen LogP contribution is 2.38. The second-order valence-corrected chi connectivity index (χ2v) is 8.93. The molecule has 1 aromatic heterocycles. The number of carbonyl (C=O) groups is 2. The molecule has 0 saturated heterocycles. The number of nitrogens with one attached hydrogen (secondary N) is 1. The van der Waals surface area contributed by atoms with Gasteiger partial charge in [-0.25, -0.2) is 9.78 Å². The predicted molar refractivity (Wildman–Crippen MR) is 148 cm³/mol. The first-order valence-corrected chi connectivity index (χ1v) is 12.3. The molecule has 0 fully saturated rings. The third-order valence-electron chi connectivity index (χ3n) is 6.50. The van der Waals surface area contributed by atoms with E-state index in [2.05, 4.69) is 5.32 Å². The van der Waals surface area contributed by atoms with Gasteiger partial charge in [-0.1, -0.05) is 30.3 Å². The Morgan fingerprint density at radius 2 is 1.82 bits per heavy atom. The van der Waals surface area contributed by atoms with Gasteiger partial charge in [0.1, 0.15) is 0 Å². The van der Waals surface area contributed by atoms with E-state index in [4.69, 9.17) is 24.5 Å². The van der Waals surface area contributed by atoms with Crippen molar-refractivity contribution in [1.82, 2.24) is 4.98 Å². The minimum Gasteiger partial charge on any atom is -0.493 e. The number of nitriles is 1. The minimum absolute atomic E-state index is 0.417. The molecule has 1 aliphatic carbocycles. The number of carbonyl (C=O) groups excluding carboxylic acids is 2. The summed E-state index contributed by atoms with van der Waals surface area (Å²) in [5.41, 5.74) is 5.42. The maximum absolute atomic E-state index is 13.4. The fraction of sp³-hybridized carbons (Fsp3) is 0.161. The molecule has 8 heteroatoms. The topological polar surface area (TPSA) is 111 Å². The predicted octanol–water partition coefficient (Wildman–Crippen LogP) is 5.41. The monoisotopic (exact) mass is 519 g/mol. The summed E-state index contributed by atoms with van der Waals surface area (Å²) in [5.74, 6) is 0.182. The zero-order valence-corrected chi connectivity index (χ0v) is 21.5. The Hall–Kier alpha value is -5.16. The number of esters is 1. The van der Waals surface area contributed by atoms with E-state index < -0.39 is 18.5 Å². The number of pyridine rings is 1. The van der Waals surface area contributed by atoms with E-state index in [1.807, 2.05) is 54.6 Å². The van der Waals surface area contributed by atoms with Crippen molar-refractivity contribution in [3.8, 4) is 17.6 Å². The van der Waals surface area contributed by atoms with E-state index in [0.717, 1.165) is 22.4 Å². The number of amides is 1. The van der Waals surface area contributed by atoms with E-state index in [-0.39, 0.29) is 0 Å². The fourth-order valence-corrected chi connectivity index (χ4v) is 4.72. The number of aromatic nitrogens is 1. The van der Waals surface area contributed by atoms with Crippen molar-refractivity contribution in [2.45, 2.75) is 12.8 Å². The number of ether oxygens (including phenoxy) is 3. The zero-order chi connectivity index (χ0) is 27.4. The fourth-order valence-electron chi connectivity index (χ4n) is 4.72. The molecule has 0 bridgehead atoms. The van der Waals surface area contributed by atoms with Gasteiger partial charge in [0, 0.05) is 11.1 Å². The summed E-state index contributed by atoms with van der Waals surface area (Å²) in [4.78, 5) is 30.7. The van der Waals surface area contributed by atoms with Crippen molar-refractivity contribution in [3.63, 3.8) is 0 Å². The van der Waals surface area contributed by atoms with E-state index >= 15 is 0 Å². The molecule has 0 spiro atoms. The van der Waals surface area contributed by atoms with Crippen LogP contribution < -0.4 is 14.8 Å². The van der Waals surface area contributed by atoms with E-state index in [1.165, 1.54) is 0 Å². The Kier molecular flexibility index (Phi) is 7.23. The molecule has 194 valence electrons. The quantitative estimate of drug-likeness (QED) is 0.325. The molecule has 1 aliphatic rings. The van der Waals surface area contributed by atoms with Crippen LogP contribution in [0.1, 0.15) is 39.2 Å². The average Bonchev–Trinajstić information content (AvgIpc) is 3.36. The van der Waals surface area contributed by atoms with Crippen molar-refractivity contribution in [1.29, 1.82) is 5.26 Å². The third-order valence-corrected chi connectivity index (χ3v) is 6.50. The lowest BCUT2D eigenvalue weighted by Gasteiger charge is -2.13.